The van der Waals surface area contributed by atoms with E-state index in [0.29, 0.717) is 6.79 Å². The van der Waals surface area contributed by atoms with Crippen LogP contribution in [0.25, 0.3) is 0 Å². The number of halogens is 1. The standard InChI is InChI=1S/C18H19ClN2O2/c19-15-3-1-2-13(10-15)18(21-8-6-20-7-9-21)14-4-5-16-17(11-14)23-12-22-16/h1-5,10-11,18,20H,6-9,12H2. The zero-order valence-electron chi connectivity index (χ0n) is 12.8. The van der Waals surface area contributed by atoms with Crippen LogP contribution >= 0.6 is 11.6 Å². The molecule has 2 aromatic rings. The molecule has 1 fully saturated rings. The van der Waals surface area contributed by atoms with Crippen molar-refractivity contribution in [3.63, 3.8) is 0 Å². The Labute approximate surface area is 141 Å². The van der Waals surface area contributed by atoms with Gasteiger partial charge in [-0.1, -0.05) is 29.8 Å². The van der Waals surface area contributed by atoms with E-state index >= 15 is 0 Å². The summed E-state index contributed by atoms with van der Waals surface area (Å²) >= 11 is 6.23. The van der Waals surface area contributed by atoms with Gasteiger partial charge in [0.25, 0.3) is 0 Å². The first-order valence-corrected chi connectivity index (χ1v) is 8.29. The zero-order valence-corrected chi connectivity index (χ0v) is 13.6. The molecule has 0 aromatic heterocycles. The Balaban J connectivity index is 1.75. The van der Waals surface area contributed by atoms with Crippen molar-refractivity contribution in [3.8, 4) is 11.5 Å². The summed E-state index contributed by atoms with van der Waals surface area (Å²) in [5.41, 5.74) is 2.41. The average molecular weight is 331 g/mol. The van der Waals surface area contributed by atoms with Gasteiger partial charge in [-0.25, -0.2) is 0 Å². The van der Waals surface area contributed by atoms with Crippen molar-refractivity contribution in [2.45, 2.75) is 6.04 Å². The molecule has 2 aromatic carbocycles. The third-order valence-electron chi connectivity index (χ3n) is 4.39. The second-order valence-electron chi connectivity index (χ2n) is 5.86. The first-order chi connectivity index (χ1) is 11.3. The summed E-state index contributed by atoms with van der Waals surface area (Å²) in [6.45, 7) is 4.31. The monoisotopic (exact) mass is 330 g/mol. The van der Waals surface area contributed by atoms with Gasteiger partial charge >= 0.3 is 0 Å². The highest BCUT2D eigenvalue weighted by Crippen LogP contribution is 2.38. The fourth-order valence-electron chi connectivity index (χ4n) is 3.31. The normalized spacial score (nSPS) is 18.8. The molecule has 0 aliphatic carbocycles. The topological polar surface area (TPSA) is 33.7 Å². The molecule has 2 aliphatic heterocycles. The fraction of sp³-hybridized carbons (Fsp3) is 0.333. The van der Waals surface area contributed by atoms with E-state index in [4.69, 9.17) is 21.1 Å². The van der Waals surface area contributed by atoms with E-state index in [2.05, 4.69) is 34.5 Å². The molecule has 120 valence electrons. The SMILES string of the molecule is Clc1cccc(C(c2ccc3c(c2)OCO3)N2CCNCC2)c1. The summed E-state index contributed by atoms with van der Waals surface area (Å²) in [4.78, 5) is 2.49. The molecule has 4 nitrogen and oxygen atoms in total. The molecule has 1 saturated heterocycles. The molecule has 0 amide bonds. The molecule has 1 atom stereocenters. The van der Waals surface area contributed by atoms with Crippen LogP contribution in [0, 0.1) is 0 Å². The summed E-state index contributed by atoms with van der Waals surface area (Å²) in [5.74, 6) is 1.64. The van der Waals surface area contributed by atoms with E-state index in [1.165, 1.54) is 11.1 Å². The minimum absolute atomic E-state index is 0.172. The van der Waals surface area contributed by atoms with E-state index in [1.54, 1.807) is 0 Å². The van der Waals surface area contributed by atoms with Crippen molar-refractivity contribution >= 4 is 11.6 Å². The molecule has 0 spiro atoms. The number of fused-ring (bicyclic) bond motifs is 1. The van der Waals surface area contributed by atoms with Crippen molar-refractivity contribution in [2.75, 3.05) is 33.0 Å². The Morgan fingerprint density at radius 2 is 1.74 bits per heavy atom. The molecule has 0 bridgehead atoms. The van der Waals surface area contributed by atoms with Crippen LogP contribution in [-0.2, 0) is 0 Å². The highest BCUT2D eigenvalue weighted by Gasteiger charge is 2.26. The second kappa shape index (κ2) is 6.40. The summed E-state index contributed by atoms with van der Waals surface area (Å²) in [6.07, 6.45) is 0. The number of nitrogens with zero attached hydrogens (tertiary/aromatic N) is 1. The summed E-state index contributed by atoms with van der Waals surface area (Å²) in [5, 5.41) is 4.18. The Kier molecular flexibility index (Phi) is 4.12. The molecule has 1 N–H and O–H groups in total. The maximum atomic E-state index is 6.23. The minimum atomic E-state index is 0.172. The maximum Gasteiger partial charge on any atom is 0.231 e. The van der Waals surface area contributed by atoms with Gasteiger partial charge < -0.3 is 14.8 Å². The van der Waals surface area contributed by atoms with Crippen LogP contribution in [0.3, 0.4) is 0 Å². The minimum Gasteiger partial charge on any atom is -0.454 e. The van der Waals surface area contributed by atoms with Crippen LogP contribution in [0.15, 0.2) is 42.5 Å². The Bertz CT molecular complexity index is 701. The lowest BCUT2D eigenvalue weighted by Gasteiger charge is -2.35. The van der Waals surface area contributed by atoms with Crippen LogP contribution in [0.5, 0.6) is 11.5 Å². The van der Waals surface area contributed by atoms with Gasteiger partial charge in [-0.15, -0.1) is 0 Å². The van der Waals surface area contributed by atoms with Crippen LogP contribution in [0.1, 0.15) is 17.2 Å². The molecule has 23 heavy (non-hydrogen) atoms. The number of piperazine rings is 1. The van der Waals surface area contributed by atoms with Crippen LogP contribution < -0.4 is 14.8 Å². The largest absolute Gasteiger partial charge is 0.454 e. The summed E-state index contributed by atoms with van der Waals surface area (Å²) < 4.78 is 11.0. The number of ether oxygens (including phenoxy) is 2. The fourth-order valence-corrected chi connectivity index (χ4v) is 3.51. The molecular weight excluding hydrogens is 312 g/mol. The van der Waals surface area contributed by atoms with Crippen molar-refractivity contribution in [3.05, 3.63) is 58.6 Å². The highest BCUT2D eigenvalue weighted by atomic mass is 35.5. The van der Waals surface area contributed by atoms with E-state index in [1.807, 2.05) is 18.2 Å². The number of rotatable bonds is 3. The first kappa shape index (κ1) is 14.8. The molecule has 2 aliphatic rings. The molecule has 1 unspecified atom stereocenters. The van der Waals surface area contributed by atoms with E-state index in [-0.39, 0.29) is 6.04 Å². The smallest absolute Gasteiger partial charge is 0.231 e. The highest BCUT2D eigenvalue weighted by molar-refractivity contribution is 6.30. The van der Waals surface area contributed by atoms with Crippen molar-refractivity contribution in [1.29, 1.82) is 0 Å². The van der Waals surface area contributed by atoms with Gasteiger partial charge in [-0.2, -0.15) is 0 Å². The Morgan fingerprint density at radius 1 is 0.957 bits per heavy atom. The van der Waals surface area contributed by atoms with E-state index < -0.39 is 0 Å². The summed E-state index contributed by atoms with van der Waals surface area (Å²) in [7, 11) is 0. The van der Waals surface area contributed by atoms with Crippen LogP contribution in [0.4, 0.5) is 0 Å². The van der Waals surface area contributed by atoms with Crippen LogP contribution in [-0.4, -0.2) is 37.9 Å². The van der Waals surface area contributed by atoms with E-state index in [9.17, 15) is 0 Å². The van der Waals surface area contributed by atoms with Gasteiger partial charge in [0.1, 0.15) is 0 Å². The van der Waals surface area contributed by atoms with E-state index in [0.717, 1.165) is 42.7 Å². The van der Waals surface area contributed by atoms with Gasteiger partial charge in [0, 0.05) is 31.2 Å². The lowest BCUT2D eigenvalue weighted by atomic mass is 9.96. The van der Waals surface area contributed by atoms with Gasteiger partial charge in [-0.3, -0.25) is 4.90 Å². The quantitative estimate of drug-likeness (QED) is 0.938. The third-order valence-corrected chi connectivity index (χ3v) is 4.63. The molecule has 0 radical (unpaired) electrons. The predicted molar refractivity (Wildman–Crippen MR) is 90.3 cm³/mol. The third kappa shape index (κ3) is 3.02. The van der Waals surface area contributed by atoms with Crippen molar-refractivity contribution in [2.24, 2.45) is 0 Å². The molecule has 2 heterocycles. The number of benzene rings is 2. The van der Waals surface area contributed by atoms with Crippen molar-refractivity contribution in [1.82, 2.24) is 10.2 Å². The average Bonchev–Trinajstić information content (AvgIpc) is 3.04. The lowest BCUT2D eigenvalue weighted by Crippen LogP contribution is -2.45. The Hall–Kier alpha value is -1.75. The van der Waals surface area contributed by atoms with Crippen LogP contribution in [0.2, 0.25) is 5.02 Å². The lowest BCUT2D eigenvalue weighted by molar-refractivity contribution is 0.173. The molecule has 0 saturated carbocycles. The molecular formula is C18H19ClN2O2. The zero-order chi connectivity index (χ0) is 15.6. The summed E-state index contributed by atoms with van der Waals surface area (Å²) in [6, 6.07) is 14.5. The maximum absolute atomic E-state index is 6.23. The first-order valence-electron chi connectivity index (χ1n) is 7.91. The molecule has 4 rings (SSSR count). The second-order valence-corrected chi connectivity index (χ2v) is 6.29. The van der Waals surface area contributed by atoms with Gasteiger partial charge in [0.05, 0.1) is 6.04 Å². The van der Waals surface area contributed by atoms with Gasteiger partial charge in [-0.05, 0) is 35.4 Å². The number of hydrogen-bond acceptors (Lipinski definition) is 4. The van der Waals surface area contributed by atoms with Gasteiger partial charge in [0.2, 0.25) is 6.79 Å². The molecule has 5 heteroatoms. The van der Waals surface area contributed by atoms with Gasteiger partial charge in [0.15, 0.2) is 11.5 Å². The number of hydrogen-bond donors (Lipinski definition) is 1. The Morgan fingerprint density at radius 3 is 2.57 bits per heavy atom. The predicted octanol–water partition coefficient (Wildman–Crippen LogP) is 3.06. The van der Waals surface area contributed by atoms with Crippen molar-refractivity contribution < 1.29 is 9.47 Å². The number of nitrogens with one attached hydrogen (secondary N) is 1.